The summed E-state index contributed by atoms with van der Waals surface area (Å²) in [6, 6.07) is 8.47. The minimum absolute atomic E-state index is 0.0329. The number of aliphatic hydroxyl groups is 2. The molecule has 1 aromatic carbocycles. The predicted molar refractivity (Wildman–Crippen MR) is 80.0 cm³/mol. The zero-order valence-corrected chi connectivity index (χ0v) is 12.6. The lowest BCUT2D eigenvalue weighted by Crippen LogP contribution is -2.58. The van der Waals surface area contributed by atoms with Gasteiger partial charge in [-0.15, -0.1) is 0 Å². The first-order chi connectivity index (χ1) is 10.5. The van der Waals surface area contributed by atoms with E-state index in [9.17, 15) is 15.0 Å². The fourth-order valence-corrected chi connectivity index (χ4v) is 2.08. The average Bonchev–Trinajstić information content (AvgIpc) is 2.51. The Morgan fingerprint density at radius 2 is 2.00 bits per heavy atom. The van der Waals surface area contributed by atoms with Crippen LogP contribution in [0.4, 0.5) is 0 Å². The fraction of sp³-hybridized carbons (Fsp3) is 0.438. The Morgan fingerprint density at radius 3 is 2.64 bits per heavy atom. The number of hydrogen-bond acceptors (Lipinski definition) is 6. The fourth-order valence-electron chi connectivity index (χ4n) is 2.08. The summed E-state index contributed by atoms with van der Waals surface area (Å²) in [5.41, 5.74) is 1.37. The Kier molecular flexibility index (Phi) is 5.54. The molecule has 1 saturated heterocycles. The van der Waals surface area contributed by atoms with Crippen molar-refractivity contribution in [1.82, 2.24) is 5.32 Å². The van der Waals surface area contributed by atoms with Crippen LogP contribution in [0.3, 0.4) is 0 Å². The van der Waals surface area contributed by atoms with Gasteiger partial charge < -0.3 is 25.0 Å². The molecule has 1 aliphatic rings. The van der Waals surface area contributed by atoms with Gasteiger partial charge in [-0.25, -0.2) is 4.79 Å². The van der Waals surface area contributed by atoms with Gasteiger partial charge in [-0.3, -0.25) is 0 Å². The molecule has 0 saturated carbocycles. The van der Waals surface area contributed by atoms with Crippen molar-refractivity contribution in [2.75, 3.05) is 6.61 Å². The molecule has 1 unspecified atom stereocenters. The van der Waals surface area contributed by atoms with Crippen LogP contribution in [0.2, 0.25) is 0 Å². The van der Waals surface area contributed by atoms with Crippen molar-refractivity contribution in [3.8, 4) is 0 Å². The normalized spacial score (nSPS) is 27.8. The van der Waals surface area contributed by atoms with Gasteiger partial charge in [-0.2, -0.15) is 0 Å². The van der Waals surface area contributed by atoms with Crippen molar-refractivity contribution < 1.29 is 24.5 Å². The second-order valence-electron chi connectivity index (χ2n) is 5.44. The van der Waals surface area contributed by atoms with Crippen molar-refractivity contribution in [1.29, 1.82) is 0 Å². The summed E-state index contributed by atoms with van der Waals surface area (Å²) in [7, 11) is 0. The highest BCUT2D eigenvalue weighted by molar-refractivity contribution is 5.89. The van der Waals surface area contributed by atoms with Gasteiger partial charge in [0.1, 0.15) is 12.2 Å². The minimum Gasteiger partial charge on any atom is -0.451 e. The van der Waals surface area contributed by atoms with Gasteiger partial charge in [0, 0.05) is 0 Å². The molecule has 0 amide bonds. The standard InChI is InChI=1S/C16H21NO5/c1-10(2)8-17-15-14(13(19)12(18)9-21-15)22-16(20)11-6-4-3-5-7-11/h3-8,12-15,17-19H,9H2,1-2H3/t12-,13?,14-,15+/m1/s1. The Hall–Kier alpha value is -1.89. The number of nitrogens with one attached hydrogen (secondary N) is 1. The summed E-state index contributed by atoms with van der Waals surface area (Å²) in [6.07, 6.45) is -2.34. The summed E-state index contributed by atoms with van der Waals surface area (Å²) in [4.78, 5) is 12.1. The van der Waals surface area contributed by atoms with Gasteiger partial charge in [0.05, 0.1) is 12.2 Å². The first kappa shape index (κ1) is 16.5. The maximum absolute atomic E-state index is 12.1. The van der Waals surface area contributed by atoms with Crippen molar-refractivity contribution in [3.63, 3.8) is 0 Å². The SMILES string of the molecule is CC(C)=CN[C@H]1OC[C@@H](O)C(O)[C@H]1OC(=O)c1ccccc1. The van der Waals surface area contributed by atoms with Crippen molar-refractivity contribution in [3.05, 3.63) is 47.7 Å². The second kappa shape index (κ2) is 7.40. The van der Waals surface area contributed by atoms with Gasteiger partial charge in [0.25, 0.3) is 0 Å². The van der Waals surface area contributed by atoms with Crippen molar-refractivity contribution in [2.45, 2.75) is 38.4 Å². The van der Waals surface area contributed by atoms with E-state index in [0.717, 1.165) is 5.57 Å². The van der Waals surface area contributed by atoms with E-state index >= 15 is 0 Å². The lowest BCUT2D eigenvalue weighted by Gasteiger charge is -2.37. The number of aliphatic hydroxyl groups excluding tert-OH is 2. The molecule has 120 valence electrons. The van der Waals surface area contributed by atoms with Gasteiger partial charge >= 0.3 is 5.97 Å². The van der Waals surface area contributed by atoms with Crippen molar-refractivity contribution >= 4 is 5.97 Å². The molecule has 6 nitrogen and oxygen atoms in total. The maximum Gasteiger partial charge on any atom is 0.338 e. The molecule has 2 rings (SSSR count). The summed E-state index contributed by atoms with van der Waals surface area (Å²) in [5.74, 6) is -0.577. The van der Waals surface area contributed by atoms with Crippen LogP contribution in [0.5, 0.6) is 0 Å². The Bertz CT molecular complexity index is 527. The van der Waals surface area contributed by atoms with Crippen LogP contribution in [0, 0.1) is 0 Å². The molecular weight excluding hydrogens is 286 g/mol. The van der Waals surface area contributed by atoms with E-state index in [2.05, 4.69) is 5.32 Å². The Labute approximate surface area is 129 Å². The summed E-state index contributed by atoms with van der Waals surface area (Å²) in [6.45, 7) is 3.76. The third-order valence-corrected chi connectivity index (χ3v) is 3.26. The predicted octanol–water partition coefficient (Wildman–Crippen LogP) is 0.803. The van der Waals surface area contributed by atoms with Gasteiger partial charge in [-0.1, -0.05) is 23.8 Å². The van der Waals surface area contributed by atoms with Crippen molar-refractivity contribution in [2.24, 2.45) is 0 Å². The first-order valence-electron chi connectivity index (χ1n) is 7.12. The highest BCUT2D eigenvalue weighted by atomic mass is 16.6. The zero-order valence-electron chi connectivity index (χ0n) is 12.6. The van der Waals surface area contributed by atoms with Crippen LogP contribution >= 0.6 is 0 Å². The van der Waals surface area contributed by atoms with E-state index in [-0.39, 0.29) is 6.61 Å². The second-order valence-corrected chi connectivity index (χ2v) is 5.44. The molecule has 6 heteroatoms. The number of benzene rings is 1. The maximum atomic E-state index is 12.1. The summed E-state index contributed by atoms with van der Waals surface area (Å²) in [5, 5.41) is 22.8. The lowest BCUT2D eigenvalue weighted by atomic mass is 10.0. The van der Waals surface area contributed by atoms with Crippen LogP contribution in [-0.2, 0) is 9.47 Å². The van der Waals surface area contributed by atoms with E-state index in [1.54, 1.807) is 36.5 Å². The zero-order chi connectivity index (χ0) is 16.1. The number of carbonyl (C=O) groups is 1. The van der Waals surface area contributed by atoms with Gasteiger partial charge in [0.15, 0.2) is 12.3 Å². The lowest BCUT2D eigenvalue weighted by molar-refractivity contribution is -0.193. The van der Waals surface area contributed by atoms with E-state index < -0.39 is 30.5 Å². The molecule has 3 N–H and O–H groups in total. The number of hydrogen-bond donors (Lipinski definition) is 3. The first-order valence-corrected chi connectivity index (χ1v) is 7.12. The molecule has 0 aliphatic carbocycles. The molecule has 0 aromatic heterocycles. The van der Waals surface area contributed by atoms with Crippen LogP contribution in [-0.4, -0.2) is 47.3 Å². The van der Waals surface area contributed by atoms with E-state index in [0.29, 0.717) is 5.56 Å². The molecule has 22 heavy (non-hydrogen) atoms. The van der Waals surface area contributed by atoms with E-state index in [1.165, 1.54) is 0 Å². The topological polar surface area (TPSA) is 88.0 Å². The molecular formula is C16H21NO5. The van der Waals surface area contributed by atoms with Gasteiger partial charge in [0.2, 0.25) is 0 Å². The Balaban J connectivity index is 2.11. The summed E-state index contributed by atoms with van der Waals surface area (Å²) < 4.78 is 10.8. The molecule has 0 radical (unpaired) electrons. The smallest absolute Gasteiger partial charge is 0.338 e. The molecule has 0 spiro atoms. The van der Waals surface area contributed by atoms with Crippen LogP contribution in [0.25, 0.3) is 0 Å². The number of ether oxygens (including phenoxy) is 2. The molecule has 1 fully saturated rings. The minimum atomic E-state index is -1.22. The Morgan fingerprint density at radius 1 is 1.32 bits per heavy atom. The molecule has 1 aliphatic heterocycles. The number of carbonyl (C=O) groups excluding carboxylic acids is 1. The van der Waals surface area contributed by atoms with Gasteiger partial charge in [-0.05, 0) is 32.2 Å². The molecule has 1 heterocycles. The monoisotopic (exact) mass is 307 g/mol. The van der Waals surface area contributed by atoms with Crippen LogP contribution in [0.15, 0.2) is 42.1 Å². The molecule has 1 aromatic rings. The van der Waals surface area contributed by atoms with Crippen LogP contribution in [0.1, 0.15) is 24.2 Å². The summed E-state index contributed by atoms with van der Waals surface area (Å²) >= 11 is 0. The highest BCUT2D eigenvalue weighted by Gasteiger charge is 2.41. The largest absolute Gasteiger partial charge is 0.451 e. The number of rotatable bonds is 4. The third-order valence-electron chi connectivity index (χ3n) is 3.26. The quantitative estimate of drug-likeness (QED) is 0.713. The number of esters is 1. The van der Waals surface area contributed by atoms with E-state index in [4.69, 9.17) is 9.47 Å². The molecule has 0 bridgehead atoms. The van der Waals surface area contributed by atoms with E-state index in [1.807, 2.05) is 13.8 Å². The van der Waals surface area contributed by atoms with Crippen LogP contribution < -0.4 is 5.32 Å². The highest BCUT2D eigenvalue weighted by Crippen LogP contribution is 2.19. The molecule has 4 atom stereocenters. The number of allylic oxidation sites excluding steroid dienone is 1. The average molecular weight is 307 g/mol. The third kappa shape index (κ3) is 4.07.